The molecular formula is C15H16ClN3O3. The van der Waals surface area contributed by atoms with Gasteiger partial charge in [-0.25, -0.2) is 0 Å². The van der Waals surface area contributed by atoms with Crippen molar-refractivity contribution in [2.24, 2.45) is 0 Å². The maximum Gasteiger partial charge on any atom is 0.254 e. The van der Waals surface area contributed by atoms with Crippen LogP contribution in [-0.2, 0) is 4.79 Å². The number of carbonyl (C=O) groups excluding carboxylic acids is 2. The number of rotatable bonds is 5. The van der Waals surface area contributed by atoms with Crippen LogP contribution in [0.15, 0.2) is 34.9 Å². The highest BCUT2D eigenvalue weighted by atomic mass is 35.5. The third-order valence-electron chi connectivity index (χ3n) is 2.97. The first-order valence-corrected chi connectivity index (χ1v) is 7.15. The number of likely N-dealkylation sites (N-methyl/N-ethyl adjacent to an activating group) is 1. The van der Waals surface area contributed by atoms with Gasteiger partial charge in [-0.15, -0.1) is 0 Å². The molecule has 0 unspecified atom stereocenters. The van der Waals surface area contributed by atoms with E-state index in [2.05, 4.69) is 10.5 Å². The fraction of sp³-hybridized carbons (Fsp3) is 0.267. The van der Waals surface area contributed by atoms with Crippen LogP contribution < -0.4 is 5.32 Å². The Bertz CT molecular complexity index is 684. The van der Waals surface area contributed by atoms with Gasteiger partial charge in [0, 0.05) is 23.2 Å². The van der Waals surface area contributed by atoms with Gasteiger partial charge in [0.05, 0.1) is 0 Å². The number of hydrogen-bond donors (Lipinski definition) is 1. The molecule has 2 rings (SSSR count). The number of carbonyl (C=O) groups is 2. The van der Waals surface area contributed by atoms with E-state index < -0.39 is 0 Å². The second-order valence-electron chi connectivity index (χ2n) is 4.70. The molecule has 0 radical (unpaired) electrons. The predicted octanol–water partition coefficient (Wildman–Crippen LogP) is 2.74. The van der Waals surface area contributed by atoms with Crippen molar-refractivity contribution in [3.8, 4) is 0 Å². The number of aryl methyl sites for hydroxylation is 1. The molecule has 22 heavy (non-hydrogen) atoms. The molecule has 1 aromatic carbocycles. The van der Waals surface area contributed by atoms with E-state index in [0.29, 0.717) is 28.7 Å². The number of amides is 2. The largest absolute Gasteiger partial charge is 0.360 e. The van der Waals surface area contributed by atoms with Crippen LogP contribution in [0, 0.1) is 6.92 Å². The lowest BCUT2D eigenvalue weighted by Crippen LogP contribution is -2.37. The Morgan fingerprint density at radius 1 is 1.36 bits per heavy atom. The van der Waals surface area contributed by atoms with E-state index in [1.807, 2.05) is 0 Å². The minimum absolute atomic E-state index is 0.0756. The summed E-state index contributed by atoms with van der Waals surface area (Å²) < 4.78 is 4.87. The molecule has 0 fully saturated rings. The Balaban J connectivity index is 2.02. The predicted molar refractivity (Wildman–Crippen MR) is 82.9 cm³/mol. The Labute approximate surface area is 133 Å². The quantitative estimate of drug-likeness (QED) is 0.918. The molecule has 1 aromatic heterocycles. The molecule has 1 heterocycles. The molecule has 7 heteroatoms. The first kappa shape index (κ1) is 16.0. The van der Waals surface area contributed by atoms with Gasteiger partial charge >= 0.3 is 0 Å². The van der Waals surface area contributed by atoms with Crippen LogP contribution in [-0.4, -0.2) is 35.0 Å². The molecule has 0 saturated heterocycles. The third-order valence-corrected chi connectivity index (χ3v) is 3.21. The minimum atomic E-state index is -0.342. The number of aromatic nitrogens is 1. The van der Waals surface area contributed by atoms with Gasteiger partial charge < -0.3 is 14.7 Å². The molecule has 2 aromatic rings. The lowest BCUT2D eigenvalue weighted by molar-refractivity contribution is -0.116. The fourth-order valence-electron chi connectivity index (χ4n) is 1.91. The zero-order valence-corrected chi connectivity index (χ0v) is 13.1. The first-order valence-electron chi connectivity index (χ1n) is 6.77. The smallest absolute Gasteiger partial charge is 0.254 e. The van der Waals surface area contributed by atoms with Crippen LogP contribution in [0.3, 0.4) is 0 Å². The zero-order valence-electron chi connectivity index (χ0n) is 12.3. The average Bonchev–Trinajstić information content (AvgIpc) is 2.89. The van der Waals surface area contributed by atoms with Crippen molar-refractivity contribution in [1.82, 2.24) is 10.1 Å². The maximum absolute atomic E-state index is 12.4. The molecular weight excluding hydrogens is 306 g/mol. The highest BCUT2D eigenvalue weighted by molar-refractivity contribution is 6.31. The second kappa shape index (κ2) is 7.09. The Morgan fingerprint density at radius 3 is 2.73 bits per heavy atom. The van der Waals surface area contributed by atoms with E-state index in [1.54, 1.807) is 44.2 Å². The number of nitrogens with one attached hydrogen (secondary N) is 1. The molecule has 2 amide bonds. The van der Waals surface area contributed by atoms with Gasteiger partial charge in [0.2, 0.25) is 5.91 Å². The maximum atomic E-state index is 12.4. The molecule has 0 aliphatic heterocycles. The van der Waals surface area contributed by atoms with Crippen LogP contribution in [0.4, 0.5) is 5.82 Å². The number of anilines is 1. The van der Waals surface area contributed by atoms with Crippen LogP contribution in [0.1, 0.15) is 23.0 Å². The third kappa shape index (κ3) is 4.08. The van der Waals surface area contributed by atoms with Gasteiger partial charge in [-0.2, -0.15) is 0 Å². The highest BCUT2D eigenvalue weighted by Crippen LogP contribution is 2.13. The summed E-state index contributed by atoms with van der Waals surface area (Å²) >= 11 is 5.88. The molecule has 116 valence electrons. The average molecular weight is 322 g/mol. The zero-order chi connectivity index (χ0) is 16.1. The SMILES string of the molecule is CCN(CC(=O)Nc1cc(C)on1)C(=O)c1cccc(Cl)c1. The molecule has 0 aliphatic carbocycles. The fourth-order valence-corrected chi connectivity index (χ4v) is 2.10. The van der Waals surface area contributed by atoms with Crippen LogP contribution in [0.25, 0.3) is 0 Å². The Kier molecular flexibility index (Phi) is 5.16. The van der Waals surface area contributed by atoms with Crippen molar-refractivity contribution < 1.29 is 14.1 Å². The number of nitrogens with zero attached hydrogens (tertiary/aromatic N) is 2. The van der Waals surface area contributed by atoms with Crippen molar-refractivity contribution in [2.45, 2.75) is 13.8 Å². The Hall–Kier alpha value is -2.34. The van der Waals surface area contributed by atoms with E-state index in [-0.39, 0.29) is 18.4 Å². The summed E-state index contributed by atoms with van der Waals surface area (Å²) in [6.07, 6.45) is 0. The number of benzene rings is 1. The Morgan fingerprint density at radius 2 is 2.14 bits per heavy atom. The normalized spacial score (nSPS) is 10.3. The summed E-state index contributed by atoms with van der Waals surface area (Å²) in [7, 11) is 0. The lowest BCUT2D eigenvalue weighted by atomic mass is 10.2. The molecule has 0 bridgehead atoms. The summed E-state index contributed by atoms with van der Waals surface area (Å²) in [6, 6.07) is 8.23. The molecule has 0 atom stereocenters. The van der Waals surface area contributed by atoms with E-state index in [1.165, 1.54) is 4.90 Å². The van der Waals surface area contributed by atoms with Crippen molar-refractivity contribution in [3.05, 3.63) is 46.7 Å². The molecule has 1 N–H and O–H groups in total. The summed E-state index contributed by atoms with van der Waals surface area (Å²) in [5.74, 6) is 0.327. The van der Waals surface area contributed by atoms with E-state index in [0.717, 1.165) is 0 Å². The highest BCUT2D eigenvalue weighted by Gasteiger charge is 2.18. The van der Waals surface area contributed by atoms with Gasteiger partial charge in [-0.3, -0.25) is 9.59 Å². The first-order chi connectivity index (χ1) is 10.5. The van der Waals surface area contributed by atoms with Gasteiger partial charge in [0.15, 0.2) is 5.82 Å². The topological polar surface area (TPSA) is 75.4 Å². The monoisotopic (exact) mass is 321 g/mol. The van der Waals surface area contributed by atoms with E-state index in [9.17, 15) is 9.59 Å². The molecule has 0 spiro atoms. The summed E-state index contributed by atoms with van der Waals surface area (Å²) in [6.45, 7) is 3.85. The van der Waals surface area contributed by atoms with Crippen LogP contribution in [0.5, 0.6) is 0 Å². The van der Waals surface area contributed by atoms with Gasteiger partial charge in [0.1, 0.15) is 12.3 Å². The van der Waals surface area contributed by atoms with E-state index in [4.69, 9.17) is 16.1 Å². The van der Waals surface area contributed by atoms with Gasteiger partial charge in [-0.05, 0) is 32.0 Å². The summed E-state index contributed by atoms with van der Waals surface area (Å²) in [4.78, 5) is 25.8. The van der Waals surface area contributed by atoms with Gasteiger partial charge in [0.25, 0.3) is 5.91 Å². The van der Waals surface area contributed by atoms with Crippen LogP contribution >= 0.6 is 11.6 Å². The van der Waals surface area contributed by atoms with Crippen molar-refractivity contribution in [3.63, 3.8) is 0 Å². The lowest BCUT2D eigenvalue weighted by Gasteiger charge is -2.20. The summed E-state index contributed by atoms with van der Waals surface area (Å²) in [5.41, 5.74) is 0.444. The summed E-state index contributed by atoms with van der Waals surface area (Å²) in [5, 5.41) is 6.73. The molecule has 0 aliphatic rings. The van der Waals surface area contributed by atoms with Crippen molar-refractivity contribution in [2.75, 3.05) is 18.4 Å². The van der Waals surface area contributed by atoms with Crippen molar-refractivity contribution >= 4 is 29.2 Å². The number of hydrogen-bond acceptors (Lipinski definition) is 4. The van der Waals surface area contributed by atoms with Crippen LogP contribution in [0.2, 0.25) is 5.02 Å². The molecule has 0 saturated carbocycles. The molecule has 6 nitrogen and oxygen atoms in total. The minimum Gasteiger partial charge on any atom is -0.360 e. The van der Waals surface area contributed by atoms with Gasteiger partial charge in [-0.1, -0.05) is 22.8 Å². The van der Waals surface area contributed by atoms with E-state index >= 15 is 0 Å². The number of halogens is 1. The standard InChI is InChI=1S/C15H16ClN3O3/c1-3-19(15(21)11-5-4-6-12(16)8-11)9-14(20)17-13-7-10(2)22-18-13/h4-8H,3,9H2,1-2H3,(H,17,18,20). The van der Waals surface area contributed by atoms with Crippen molar-refractivity contribution in [1.29, 1.82) is 0 Å². The second-order valence-corrected chi connectivity index (χ2v) is 5.14.